The molecule has 2 heterocycles. The van der Waals surface area contributed by atoms with Crippen LogP contribution in [0.5, 0.6) is 5.75 Å². The first-order valence-electron chi connectivity index (χ1n) is 13.7. The van der Waals surface area contributed by atoms with Crippen LogP contribution in [0.3, 0.4) is 0 Å². The third-order valence-corrected chi connectivity index (χ3v) is 7.79. The standard InChI is InChI=1S/C34H32N2O3/c37-34(38)27-16-19-30-31(21-27)36(22-28-13-7-8-20-35-28)33(32(30)25-11-5-2-6-12-25)26-14-17-29(18-15-26)39-23-24-9-3-1-4-10-24/h1,3-4,7-10,13-21,25H,2,5-6,11-12,22-23H2,(H,37,38). The summed E-state index contributed by atoms with van der Waals surface area (Å²) in [4.78, 5) is 16.5. The number of nitrogens with zero attached hydrogens (tertiary/aromatic N) is 2. The molecule has 39 heavy (non-hydrogen) atoms. The lowest BCUT2D eigenvalue weighted by molar-refractivity contribution is 0.0697. The second-order valence-electron chi connectivity index (χ2n) is 10.3. The summed E-state index contributed by atoms with van der Waals surface area (Å²) in [5, 5.41) is 10.9. The molecule has 0 amide bonds. The Balaban J connectivity index is 1.47. The molecule has 0 saturated heterocycles. The Bertz CT molecular complexity index is 1570. The summed E-state index contributed by atoms with van der Waals surface area (Å²) < 4.78 is 8.35. The van der Waals surface area contributed by atoms with Crippen LogP contribution in [-0.4, -0.2) is 20.6 Å². The Kier molecular flexibility index (Phi) is 7.13. The van der Waals surface area contributed by atoms with Gasteiger partial charge in [0.25, 0.3) is 0 Å². The van der Waals surface area contributed by atoms with Crippen molar-refractivity contribution < 1.29 is 14.6 Å². The number of carboxylic acids is 1. The lowest BCUT2D eigenvalue weighted by Crippen LogP contribution is -2.08. The van der Waals surface area contributed by atoms with E-state index in [-0.39, 0.29) is 0 Å². The maximum Gasteiger partial charge on any atom is 0.335 e. The molecule has 5 nitrogen and oxygen atoms in total. The summed E-state index contributed by atoms with van der Waals surface area (Å²) in [7, 11) is 0. The zero-order valence-corrected chi connectivity index (χ0v) is 21.9. The Morgan fingerprint density at radius 1 is 0.897 bits per heavy atom. The van der Waals surface area contributed by atoms with E-state index < -0.39 is 5.97 Å². The molecule has 0 aliphatic heterocycles. The molecule has 0 unspecified atom stereocenters. The van der Waals surface area contributed by atoms with Crippen molar-refractivity contribution >= 4 is 16.9 Å². The lowest BCUT2D eigenvalue weighted by atomic mass is 9.81. The number of carbonyl (C=O) groups is 1. The van der Waals surface area contributed by atoms with E-state index >= 15 is 0 Å². The van der Waals surface area contributed by atoms with Crippen molar-refractivity contribution in [2.24, 2.45) is 0 Å². The van der Waals surface area contributed by atoms with E-state index in [0.29, 0.717) is 24.6 Å². The Morgan fingerprint density at radius 2 is 1.67 bits per heavy atom. The molecule has 196 valence electrons. The number of aromatic carboxylic acids is 1. The van der Waals surface area contributed by atoms with E-state index in [4.69, 9.17) is 4.74 Å². The third-order valence-electron chi connectivity index (χ3n) is 7.79. The number of aromatic nitrogens is 2. The molecule has 0 radical (unpaired) electrons. The van der Waals surface area contributed by atoms with E-state index in [1.165, 1.54) is 24.8 Å². The van der Waals surface area contributed by atoms with Crippen molar-refractivity contribution in [1.82, 2.24) is 9.55 Å². The first-order chi connectivity index (χ1) is 19.2. The molecule has 1 aliphatic carbocycles. The number of fused-ring (bicyclic) bond motifs is 1. The minimum atomic E-state index is -0.914. The van der Waals surface area contributed by atoms with E-state index in [1.807, 2.05) is 66.9 Å². The smallest absolute Gasteiger partial charge is 0.335 e. The quantitative estimate of drug-likeness (QED) is 0.226. The minimum absolute atomic E-state index is 0.300. The second kappa shape index (κ2) is 11.2. The number of rotatable bonds is 8. The van der Waals surface area contributed by atoms with Crippen molar-refractivity contribution in [3.8, 4) is 17.0 Å². The molecule has 1 N–H and O–H groups in total. The zero-order valence-electron chi connectivity index (χ0n) is 21.9. The first kappa shape index (κ1) is 24.9. The predicted octanol–water partition coefficient (Wildman–Crippen LogP) is 8.08. The summed E-state index contributed by atoms with van der Waals surface area (Å²) in [5.41, 5.74) is 6.90. The zero-order chi connectivity index (χ0) is 26.6. The number of ether oxygens (including phenoxy) is 1. The molecule has 1 aliphatic rings. The van der Waals surface area contributed by atoms with Crippen LogP contribution in [0.4, 0.5) is 0 Å². The highest BCUT2D eigenvalue weighted by atomic mass is 16.5. The van der Waals surface area contributed by atoms with Gasteiger partial charge in [0.05, 0.1) is 29.0 Å². The number of hydrogen-bond acceptors (Lipinski definition) is 3. The van der Waals surface area contributed by atoms with Crippen LogP contribution in [-0.2, 0) is 13.2 Å². The van der Waals surface area contributed by atoms with E-state index in [9.17, 15) is 9.90 Å². The Hall–Kier alpha value is -4.38. The molecule has 2 aromatic heterocycles. The Labute approximate surface area is 228 Å². The fourth-order valence-electron chi connectivity index (χ4n) is 5.89. The van der Waals surface area contributed by atoms with Crippen LogP contribution < -0.4 is 4.74 Å². The molecule has 0 bridgehead atoms. The van der Waals surface area contributed by atoms with Gasteiger partial charge in [0.2, 0.25) is 0 Å². The predicted molar refractivity (Wildman–Crippen MR) is 154 cm³/mol. The largest absolute Gasteiger partial charge is 0.489 e. The van der Waals surface area contributed by atoms with Crippen LogP contribution in [0.15, 0.2) is 97.2 Å². The average molecular weight is 517 g/mol. The van der Waals surface area contributed by atoms with Crippen molar-refractivity contribution in [3.63, 3.8) is 0 Å². The van der Waals surface area contributed by atoms with Crippen LogP contribution in [0.25, 0.3) is 22.2 Å². The maximum atomic E-state index is 11.9. The highest BCUT2D eigenvalue weighted by molar-refractivity contribution is 5.98. The fourth-order valence-corrected chi connectivity index (χ4v) is 5.89. The summed E-state index contributed by atoms with van der Waals surface area (Å²) in [6, 6.07) is 30.0. The lowest BCUT2D eigenvalue weighted by Gasteiger charge is -2.24. The van der Waals surface area contributed by atoms with Crippen LogP contribution >= 0.6 is 0 Å². The molecule has 6 rings (SSSR count). The fraction of sp³-hybridized carbons (Fsp3) is 0.235. The average Bonchev–Trinajstić information content (AvgIpc) is 3.31. The Morgan fingerprint density at radius 3 is 2.38 bits per heavy atom. The van der Waals surface area contributed by atoms with Gasteiger partial charge in [-0.15, -0.1) is 0 Å². The monoisotopic (exact) mass is 516 g/mol. The van der Waals surface area contributed by atoms with Gasteiger partial charge in [-0.1, -0.05) is 61.7 Å². The van der Waals surface area contributed by atoms with Gasteiger partial charge < -0.3 is 14.4 Å². The molecule has 1 saturated carbocycles. The van der Waals surface area contributed by atoms with Crippen molar-refractivity contribution in [2.45, 2.75) is 51.2 Å². The van der Waals surface area contributed by atoms with Gasteiger partial charge >= 0.3 is 5.97 Å². The minimum Gasteiger partial charge on any atom is -0.489 e. The highest BCUT2D eigenvalue weighted by Gasteiger charge is 2.27. The molecule has 1 fully saturated rings. The van der Waals surface area contributed by atoms with Gasteiger partial charge in [-0.05, 0) is 84.0 Å². The molecular weight excluding hydrogens is 484 g/mol. The van der Waals surface area contributed by atoms with Gasteiger partial charge in [-0.3, -0.25) is 4.98 Å². The molecular formula is C34H32N2O3. The second-order valence-corrected chi connectivity index (χ2v) is 10.3. The topological polar surface area (TPSA) is 64.3 Å². The normalized spacial score (nSPS) is 13.9. The molecule has 5 heteroatoms. The number of benzene rings is 3. The maximum absolute atomic E-state index is 11.9. The molecule has 0 atom stereocenters. The summed E-state index contributed by atoms with van der Waals surface area (Å²) in [5.74, 6) is 0.344. The van der Waals surface area contributed by atoms with Crippen LogP contribution in [0, 0.1) is 0 Å². The number of carboxylic acid groups (broad SMARTS) is 1. The molecule has 5 aromatic rings. The van der Waals surface area contributed by atoms with E-state index in [1.54, 1.807) is 6.07 Å². The summed E-state index contributed by atoms with van der Waals surface area (Å²) in [6.07, 6.45) is 7.82. The van der Waals surface area contributed by atoms with Gasteiger partial charge in [0.15, 0.2) is 0 Å². The summed E-state index contributed by atoms with van der Waals surface area (Å²) >= 11 is 0. The van der Waals surface area contributed by atoms with Crippen molar-refractivity contribution in [3.05, 3.63) is 120 Å². The first-order valence-corrected chi connectivity index (χ1v) is 13.7. The third kappa shape index (κ3) is 5.30. The van der Waals surface area contributed by atoms with Crippen LogP contribution in [0.1, 0.15) is 65.2 Å². The van der Waals surface area contributed by atoms with Crippen molar-refractivity contribution in [2.75, 3.05) is 0 Å². The van der Waals surface area contributed by atoms with Gasteiger partial charge in [-0.25, -0.2) is 4.79 Å². The summed E-state index contributed by atoms with van der Waals surface area (Å²) in [6.45, 7) is 1.08. The molecule has 0 spiro atoms. The molecule has 3 aromatic carbocycles. The van der Waals surface area contributed by atoms with E-state index in [0.717, 1.165) is 52.0 Å². The van der Waals surface area contributed by atoms with Crippen LogP contribution in [0.2, 0.25) is 0 Å². The van der Waals surface area contributed by atoms with Crippen molar-refractivity contribution in [1.29, 1.82) is 0 Å². The van der Waals surface area contributed by atoms with Gasteiger partial charge in [-0.2, -0.15) is 0 Å². The van der Waals surface area contributed by atoms with Gasteiger partial charge in [0.1, 0.15) is 12.4 Å². The SMILES string of the molecule is O=C(O)c1ccc2c(C3CCCCC3)c(-c3ccc(OCc4ccccc4)cc3)n(Cc3ccccn3)c2c1. The number of hydrogen-bond donors (Lipinski definition) is 1. The van der Waals surface area contributed by atoms with E-state index in [2.05, 4.69) is 33.8 Å². The highest BCUT2D eigenvalue weighted by Crippen LogP contribution is 2.44. The number of pyridine rings is 1. The van der Waals surface area contributed by atoms with Gasteiger partial charge in [0, 0.05) is 11.6 Å².